The zero-order valence-corrected chi connectivity index (χ0v) is 53.0. The molecule has 0 saturated heterocycles. The molecule has 0 unspecified atom stereocenters. The van der Waals surface area contributed by atoms with Crippen molar-refractivity contribution in [2.75, 3.05) is 11.9 Å². The van der Waals surface area contributed by atoms with E-state index in [1.165, 1.54) is 11.1 Å². The normalized spacial score (nSPS) is 11.9. The third-order valence-corrected chi connectivity index (χ3v) is 15.1. The van der Waals surface area contributed by atoms with E-state index in [-0.39, 0.29) is 46.3 Å². The van der Waals surface area contributed by atoms with Gasteiger partial charge in [0.2, 0.25) is 0 Å². The Morgan fingerprint density at radius 3 is 1.25 bits per heavy atom. The number of benzene rings is 6. The number of ether oxygens (including phenoxy) is 1. The summed E-state index contributed by atoms with van der Waals surface area (Å²) in [6.45, 7) is 25.0. The SMILES string of the molecule is C=C(OCC)c1ccc(C[C@@H](C)CC(=O)c2ccc(C)c(Cl)c2)cc1.Cc1ccc(C(=O)C[C@H](C)Cc2ccc(-c3cnc(C(C)(C)C)[nH]3)cc2)cc1Cl.Cc1ccc(C(=O)C[C@H](C)Cc2ccc(C(=O)CBr)cc2)cc1Cl.[B]=NS. The number of nitrogens with one attached hydrogen (secondary N) is 1. The maximum absolute atomic E-state index is 12.6. The van der Waals surface area contributed by atoms with E-state index >= 15 is 0 Å². The van der Waals surface area contributed by atoms with Crippen LogP contribution in [0.25, 0.3) is 17.0 Å². The van der Waals surface area contributed by atoms with Crippen molar-refractivity contribution in [3.63, 3.8) is 0 Å². The van der Waals surface area contributed by atoms with E-state index < -0.39 is 0 Å². The van der Waals surface area contributed by atoms with E-state index in [1.807, 2.05) is 107 Å². The van der Waals surface area contributed by atoms with Crippen molar-refractivity contribution >= 4 is 100 Å². The van der Waals surface area contributed by atoms with Gasteiger partial charge in [-0.15, -0.1) is 0 Å². The molecule has 425 valence electrons. The predicted octanol–water partition coefficient (Wildman–Crippen LogP) is 18.8. The Morgan fingerprint density at radius 1 is 0.605 bits per heavy atom. The summed E-state index contributed by atoms with van der Waals surface area (Å²) < 4.78 is 8.11. The molecule has 0 aliphatic rings. The standard InChI is InChI=1S/C25H29ClN2O.C22H25ClO2.C20H20BrClO2.BHNS/c1-16(13-23(29)20-9-6-17(2)21(26)14-20)12-18-7-10-19(11-8-18)22-15-27-24(28-22)25(3,4)5;1-5-25-17(4)19-10-7-18(8-11-19)12-15(2)13-22(24)20-9-6-16(3)21(23)14-20;1-13(9-15-4-7-16(8-5-15)20(24)12-21)10-19(23)17-6-3-14(2)18(22)11-17;1-2-3/h6-11,14-16H,12-13H2,1-5H3,(H,27,28);6-11,14-15H,4-5,12-13H2,1-3H3;3-8,11,13H,9-10,12H2,1-2H3;3H/t16-;15-;13-;/m111./s1. The van der Waals surface area contributed by atoms with Crippen LogP contribution < -0.4 is 0 Å². The number of aromatic amines is 1. The third-order valence-electron chi connectivity index (χ3n) is 13.4. The number of rotatable bonds is 21. The van der Waals surface area contributed by atoms with Gasteiger partial charge in [-0.2, -0.15) is 0 Å². The summed E-state index contributed by atoms with van der Waals surface area (Å²) in [6.07, 6.45) is 5.90. The van der Waals surface area contributed by atoms with Gasteiger partial charge in [-0.3, -0.25) is 19.2 Å². The first kappa shape index (κ1) is 67.8. The molecular weight excluding hydrogens is 1160 g/mol. The molecule has 8 nitrogen and oxygen atoms in total. The van der Waals surface area contributed by atoms with Gasteiger partial charge >= 0.3 is 24.8 Å². The van der Waals surface area contributed by atoms with E-state index in [4.69, 9.17) is 39.5 Å². The third kappa shape index (κ3) is 22.5. The minimum absolute atomic E-state index is 0.00182. The number of carbonyl (C=O) groups is 4. The number of nitrogens with zero attached hydrogens (tertiary/aromatic N) is 2. The van der Waals surface area contributed by atoms with Gasteiger partial charge in [0.1, 0.15) is 11.6 Å². The molecule has 0 fully saturated rings. The molecule has 1 aromatic heterocycles. The number of H-pyrrole nitrogens is 1. The maximum atomic E-state index is 12.6. The van der Waals surface area contributed by atoms with Crippen molar-refractivity contribution in [1.29, 1.82) is 0 Å². The Hall–Kier alpha value is -5.69. The van der Waals surface area contributed by atoms with E-state index in [9.17, 15) is 19.2 Å². The van der Waals surface area contributed by atoms with Crippen molar-refractivity contribution in [3.05, 3.63) is 222 Å². The number of imidazole rings is 1. The average Bonchev–Trinajstić information content (AvgIpc) is 3.95. The molecule has 1 radical (unpaired) electrons. The summed E-state index contributed by atoms with van der Waals surface area (Å²) in [6, 6.07) is 40.8. The van der Waals surface area contributed by atoms with Gasteiger partial charge in [0.25, 0.3) is 0 Å². The summed E-state index contributed by atoms with van der Waals surface area (Å²) >= 11 is 24.7. The number of ketones is 4. The Morgan fingerprint density at radius 2 is 0.938 bits per heavy atom. The number of aryl methyl sites for hydroxylation is 3. The molecule has 3 atom stereocenters. The summed E-state index contributed by atoms with van der Waals surface area (Å²) in [5.74, 6) is 2.86. The Kier molecular flexibility index (Phi) is 28.0. The number of hydrogen-bond donors (Lipinski definition) is 2. The fourth-order valence-corrected chi connectivity index (χ4v) is 9.55. The number of alkyl halides is 1. The molecule has 0 spiro atoms. The number of halogens is 4. The second-order valence-electron chi connectivity index (χ2n) is 21.7. The molecule has 0 aliphatic carbocycles. The van der Waals surface area contributed by atoms with Crippen LogP contribution in [0.4, 0.5) is 0 Å². The van der Waals surface area contributed by atoms with Gasteiger partial charge in [0.15, 0.2) is 23.1 Å². The summed E-state index contributed by atoms with van der Waals surface area (Å²) in [4.78, 5) is 56.9. The minimum atomic E-state index is 0.00182. The van der Waals surface area contributed by atoms with Crippen LogP contribution in [-0.4, -0.2) is 52.7 Å². The van der Waals surface area contributed by atoms with Crippen LogP contribution in [0.1, 0.15) is 154 Å². The molecule has 0 aliphatic heterocycles. The Balaban J connectivity index is 0.000000256. The van der Waals surface area contributed by atoms with Crippen molar-refractivity contribution in [2.45, 2.75) is 113 Å². The average molecular weight is 1230 g/mol. The molecular formula is C67H75BBrCl3N3O5S. The van der Waals surface area contributed by atoms with Gasteiger partial charge in [-0.25, -0.2) is 4.98 Å². The fraction of sp³-hybridized carbons (Fsp3) is 0.328. The van der Waals surface area contributed by atoms with Crippen LogP contribution in [0.3, 0.4) is 0 Å². The van der Waals surface area contributed by atoms with Gasteiger partial charge in [0.05, 0.1) is 23.8 Å². The van der Waals surface area contributed by atoms with Crippen molar-refractivity contribution in [3.8, 4) is 11.3 Å². The molecule has 0 amide bonds. The quantitative estimate of drug-likeness (QED) is 0.0243. The first-order valence-electron chi connectivity index (χ1n) is 27.0. The fourth-order valence-electron chi connectivity index (χ4n) is 8.68. The van der Waals surface area contributed by atoms with Crippen molar-refractivity contribution < 1.29 is 23.9 Å². The van der Waals surface area contributed by atoms with Crippen LogP contribution >= 0.6 is 63.5 Å². The molecule has 1 N–H and O–H groups in total. The zero-order chi connectivity index (χ0) is 60.0. The molecule has 7 aromatic rings. The monoisotopic (exact) mass is 1230 g/mol. The van der Waals surface area contributed by atoms with Crippen LogP contribution in [0.2, 0.25) is 15.1 Å². The van der Waals surface area contributed by atoms with Crippen molar-refractivity contribution in [1.82, 2.24) is 9.97 Å². The number of aromatic nitrogens is 2. The molecule has 1 heterocycles. The molecule has 14 heteroatoms. The van der Waals surface area contributed by atoms with Gasteiger partial charge in [-0.05, 0) is 122 Å². The van der Waals surface area contributed by atoms with Crippen LogP contribution in [-0.2, 0) is 29.4 Å². The molecule has 7 rings (SSSR count). The van der Waals surface area contributed by atoms with Gasteiger partial charge in [-0.1, -0.05) is 208 Å². The molecule has 6 aromatic carbocycles. The first-order valence-corrected chi connectivity index (χ1v) is 29.7. The molecule has 0 bridgehead atoms. The van der Waals surface area contributed by atoms with E-state index in [2.05, 4.69) is 135 Å². The van der Waals surface area contributed by atoms with Gasteiger partial charge < -0.3 is 9.72 Å². The number of thiol groups is 1. The predicted molar refractivity (Wildman–Crippen MR) is 346 cm³/mol. The second kappa shape index (κ2) is 33.4. The number of Topliss-reactive ketones (excluding diaryl/α,β-unsaturated/α-hetero) is 4. The summed E-state index contributed by atoms with van der Waals surface area (Å²) in [5, 5.41) is 2.24. The summed E-state index contributed by atoms with van der Waals surface area (Å²) in [7, 11) is 4.34. The van der Waals surface area contributed by atoms with Gasteiger partial charge in [0, 0.05) is 67.6 Å². The van der Waals surface area contributed by atoms with E-state index in [1.54, 1.807) is 18.2 Å². The van der Waals surface area contributed by atoms with Crippen LogP contribution in [0.5, 0.6) is 0 Å². The molecule has 81 heavy (non-hydrogen) atoms. The Labute approximate surface area is 511 Å². The zero-order valence-electron chi connectivity index (χ0n) is 48.3. The van der Waals surface area contributed by atoms with Crippen LogP contribution in [0.15, 0.2) is 144 Å². The van der Waals surface area contributed by atoms with E-state index in [0.29, 0.717) is 74.3 Å². The topological polar surface area (TPSA) is 119 Å². The van der Waals surface area contributed by atoms with E-state index in [0.717, 1.165) is 64.2 Å². The number of carbonyl (C=O) groups excluding carboxylic acids is 4. The Bertz CT molecular complexity index is 3230. The molecule has 0 saturated carbocycles. The van der Waals surface area contributed by atoms with Crippen LogP contribution in [0, 0.1) is 38.5 Å². The first-order chi connectivity index (χ1) is 38.3. The number of hydrogen-bond acceptors (Lipinski definition) is 8. The van der Waals surface area contributed by atoms with Crippen molar-refractivity contribution in [2.24, 2.45) is 22.1 Å². The summed E-state index contributed by atoms with van der Waals surface area (Å²) in [5.41, 5.74) is 12.4. The second-order valence-corrected chi connectivity index (χ2v) is 23.7.